The molecule has 0 spiro atoms. The van der Waals surface area contributed by atoms with Crippen LogP contribution in [0.4, 0.5) is 11.6 Å². The Morgan fingerprint density at radius 3 is 1.95 bits per heavy atom. The van der Waals surface area contributed by atoms with E-state index in [2.05, 4.69) is 25.6 Å². The Hall–Kier alpha value is -5.38. The van der Waals surface area contributed by atoms with Crippen LogP contribution < -0.4 is 24.8 Å². The minimum absolute atomic E-state index is 0.290. The van der Waals surface area contributed by atoms with Gasteiger partial charge in [0.1, 0.15) is 17.1 Å². The van der Waals surface area contributed by atoms with Crippen molar-refractivity contribution in [1.82, 2.24) is 24.3 Å². The summed E-state index contributed by atoms with van der Waals surface area (Å²) < 4.78 is 18.0. The lowest BCUT2D eigenvalue weighted by Crippen LogP contribution is -2.06. The van der Waals surface area contributed by atoms with E-state index in [0.717, 1.165) is 56.1 Å². The zero-order chi connectivity index (χ0) is 28.2. The van der Waals surface area contributed by atoms with E-state index in [1.54, 1.807) is 39.9 Å². The number of benzene rings is 2. The van der Waals surface area contributed by atoms with Gasteiger partial charge in [-0.3, -0.25) is 4.40 Å². The number of anilines is 2. The molecule has 4 aromatic heterocycles. The minimum atomic E-state index is 0.290. The van der Waals surface area contributed by atoms with Crippen molar-refractivity contribution in [3.63, 3.8) is 0 Å². The normalized spacial score (nSPS) is 11.0. The number of pyridine rings is 1. The molecule has 2 aromatic carbocycles. The SMILES string of the molecule is COc1ccc(CNc2ccnc3c2c(-c2ccnc(OC)n2)c2ccnc(NCc4ccc(OC)cc4)n23)cc1. The summed E-state index contributed by atoms with van der Waals surface area (Å²) in [7, 11) is 4.88. The van der Waals surface area contributed by atoms with Gasteiger partial charge in [-0.15, -0.1) is 0 Å². The molecule has 0 bridgehead atoms. The van der Waals surface area contributed by atoms with Crippen molar-refractivity contribution in [3.05, 3.63) is 96.4 Å². The summed E-state index contributed by atoms with van der Waals surface area (Å²) >= 11 is 0. The van der Waals surface area contributed by atoms with Crippen LogP contribution in [-0.2, 0) is 13.1 Å². The molecule has 206 valence electrons. The number of rotatable bonds is 10. The molecule has 0 radical (unpaired) electrons. The highest BCUT2D eigenvalue weighted by molar-refractivity contribution is 6.10. The standard InChI is InChI=1S/C31H29N7O3/c1-39-22-8-4-20(5-9-22)18-35-24-12-15-32-29-28(24)27(25-13-16-34-31(37-25)41-3)26-14-17-33-30(38(26)29)36-19-21-6-10-23(40-2)11-7-21/h4-17H,18-19H2,1-3H3,(H,32,35)(H,33,36). The second-order valence-corrected chi connectivity index (χ2v) is 9.25. The average molecular weight is 548 g/mol. The topological polar surface area (TPSA) is 108 Å². The van der Waals surface area contributed by atoms with Crippen LogP contribution in [0.15, 0.2) is 85.3 Å². The molecule has 0 aliphatic rings. The Kier molecular flexibility index (Phi) is 7.19. The maximum Gasteiger partial charge on any atom is 0.316 e. The van der Waals surface area contributed by atoms with E-state index in [4.69, 9.17) is 19.2 Å². The molecule has 0 aliphatic carbocycles. The van der Waals surface area contributed by atoms with Gasteiger partial charge in [-0.2, -0.15) is 4.98 Å². The van der Waals surface area contributed by atoms with Crippen molar-refractivity contribution in [2.24, 2.45) is 0 Å². The summed E-state index contributed by atoms with van der Waals surface area (Å²) in [5, 5.41) is 8.02. The summed E-state index contributed by atoms with van der Waals surface area (Å²) in [6.07, 6.45) is 5.29. The number of ether oxygens (including phenoxy) is 3. The van der Waals surface area contributed by atoms with Crippen molar-refractivity contribution in [3.8, 4) is 28.8 Å². The van der Waals surface area contributed by atoms with E-state index < -0.39 is 0 Å². The number of nitrogens with one attached hydrogen (secondary N) is 2. The lowest BCUT2D eigenvalue weighted by Gasteiger charge is -2.10. The van der Waals surface area contributed by atoms with Gasteiger partial charge in [-0.25, -0.2) is 15.0 Å². The molecule has 0 atom stereocenters. The maximum atomic E-state index is 5.36. The Balaban J connectivity index is 1.46. The van der Waals surface area contributed by atoms with Crippen LogP contribution in [0.1, 0.15) is 11.1 Å². The first-order chi connectivity index (χ1) is 20.2. The van der Waals surface area contributed by atoms with Crippen molar-refractivity contribution in [2.45, 2.75) is 13.1 Å². The van der Waals surface area contributed by atoms with Crippen LogP contribution in [0.5, 0.6) is 17.5 Å². The predicted molar refractivity (Wildman–Crippen MR) is 159 cm³/mol. The van der Waals surface area contributed by atoms with Crippen LogP contribution in [0.25, 0.3) is 27.8 Å². The third-order valence-electron chi connectivity index (χ3n) is 6.85. The molecule has 0 unspecified atom stereocenters. The monoisotopic (exact) mass is 547 g/mol. The molecule has 0 saturated carbocycles. The van der Waals surface area contributed by atoms with Crippen LogP contribution in [0.2, 0.25) is 0 Å². The highest BCUT2D eigenvalue weighted by Crippen LogP contribution is 2.39. The van der Waals surface area contributed by atoms with Gasteiger partial charge in [0, 0.05) is 42.9 Å². The third kappa shape index (κ3) is 5.14. The number of methoxy groups -OCH3 is 3. The fraction of sp³-hybridized carbons (Fsp3) is 0.161. The molecule has 0 fully saturated rings. The summed E-state index contributed by atoms with van der Waals surface area (Å²) in [6.45, 7) is 1.19. The van der Waals surface area contributed by atoms with Crippen LogP contribution in [0.3, 0.4) is 0 Å². The summed E-state index contributed by atoms with van der Waals surface area (Å²) in [5.74, 6) is 2.30. The Bertz CT molecular complexity index is 1800. The summed E-state index contributed by atoms with van der Waals surface area (Å²) in [6, 6.07) is 22.0. The number of hydrogen-bond acceptors (Lipinski definition) is 9. The number of fused-ring (bicyclic) bond motifs is 3. The van der Waals surface area contributed by atoms with Gasteiger partial charge in [0.15, 0.2) is 0 Å². The number of aromatic nitrogens is 5. The maximum absolute atomic E-state index is 5.36. The molecule has 0 saturated heterocycles. The van der Waals surface area contributed by atoms with Crippen molar-refractivity contribution in [1.29, 1.82) is 0 Å². The third-order valence-corrected chi connectivity index (χ3v) is 6.85. The van der Waals surface area contributed by atoms with Crippen LogP contribution in [0, 0.1) is 0 Å². The van der Waals surface area contributed by atoms with E-state index in [1.165, 1.54) is 0 Å². The first kappa shape index (κ1) is 25.9. The van der Waals surface area contributed by atoms with Gasteiger partial charge in [0.25, 0.3) is 0 Å². The second-order valence-electron chi connectivity index (χ2n) is 9.25. The Labute approximate surface area is 237 Å². The Morgan fingerprint density at radius 2 is 1.29 bits per heavy atom. The van der Waals surface area contributed by atoms with Crippen molar-refractivity contribution >= 4 is 28.2 Å². The molecule has 10 heteroatoms. The van der Waals surface area contributed by atoms with Crippen LogP contribution >= 0.6 is 0 Å². The molecule has 0 aliphatic heterocycles. The predicted octanol–water partition coefficient (Wildman–Crippen LogP) is 5.59. The lowest BCUT2D eigenvalue weighted by atomic mass is 10.1. The minimum Gasteiger partial charge on any atom is -0.497 e. The van der Waals surface area contributed by atoms with Crippen molar-refractivity contribution in [2.75, 3.05) is 32.0 Å². The summed E-state index contributed by atoms with van der Waals surface area (Å²) in [4.78, 5) is 18.4. The summed E-state index contributed by atoms with van der Waals surface area (Å²) in [5.41, 5.74) is 6.41. The van der Waals surface area contributed by atoms with E-state index >= 15 is 0 Å². The molecular formula is C31H29N7O3. The van der Waals surface area contributed by atoms with E-state index in [1.807, 2.05) is 71.1 Å². The highest BCUT2D eigenvalue weighted by atomic mass is 16.5. The van der Waals surface area contributed by atoms with E-state index in [9.17, 15) is 0 Å². The van der Waals surface area contributed by atoms with Gasteiger partial charge in [0.05, 0.1) is 37.9 Å². The molecule has 0 amide bonds. The van der Waals surface area contributed by atoms with Gasteiger partial charge >= 0.3 is 6.01 Å². The molecule has 4 heterocycles. The van der Waals surface area contributed by atoms with Gasteiger partial charge in [-0.05, 0) is 53.6 Å². The fourth-order valence-corrected chi connectivity index (χ4v) is 4.80. The molecule has 6 rings (SSSR count). The number of nitrogens with zero attached hydrogens (tertiary/aromatic N) is 5. The first-order valence-corrected chi connectivity index (χ1v) is 13.1. The second kappa shape index (κ2) is 11.4. The van der Waals surface area contributed by atoms with E-state index in [0.29, 0.717) is 25.0 Å². The van der Waals surface area contributed by atoms with Crippen LogP contribution in [-0.4, -0.2) is 45.7 Å². The fourth-order valence-electron chi connectivity index (χ4n) is 4.80. The van der Waals surface area contributed by atoms with Gasteiger partial charge in [0.2, 0.25) is 5.95 Å². The molecular weight excluding hydrogens is 518 g/mol. The first-order valence-electron chi connectivity index (χ1n) is 13.1. The Morgan fingerprint density at radius 1 is 0.659 bits per heavy atom. The zero-order valence-electron chi connectivity index (χ0n) is 23.0. The molecule has 41 heavy (non-hydrogen) atoms. The molecule has 10 nitrogen and oxygen atoms in total. The smallest absolute Gasteiger partial charge is 0.316 e. The van der Waals surface area contributed by atoms with Crippen molar-refractivity contribution < 1.29 is 14.2 Å². The zero-order valence-corrected chi connectivity index (χ0v) is 23.0. The molecule has 2 N–H and O–H groups in total. The number of hydrogen-bond donors (Lipinski definition) is 2. The molecule has 6 aromatic rings. The quantitative estimate of drug-likeness (QED) is 0.227. The largest absolute Gasteiger partial charge is 0.497 e. The van der Waals surface area contributed by atoms with Gasteiger partial charge < -0.3 is 24.8 Å². The average Bonchev–Trinajstić information content (AvgIpc) is 3.39. The van der Waals surface area contributed by atoms with Gasteiger partial charge in [-0.1, -0.05) is 24.3 Å². The lowest BCUT2D eigenvalue weighted by molar-refractivity contribution is 0.380. The van der Waals surface area contributed by atoms with E-state index in [-0.39, 0.29) is 0 Å². The highest BCUT2D eigenvalue weighted by Gasteiger charge is 2.21.